The van der Waals surface area contributed by atoms with Gasteiger partial charge in [0.25, 0.3) is 0 Å². The van der Waals surface area contributed by atoms with Crippen molar-refractivity contribution in [1.82, 2.24) is 9.80 Å². The maximum absolute atomic E-state index is 13.5. The van der Waals surface area contributed by atoms with Crippen LogP contribution >= 0.6 is 0 Å². The summed E-state index contributed by atoms with van der Waals surface area (Å²) in [6.45, 7) is 2.87. The van der Waals surface area contributed by atoms with Crippen molar-refractivity contribution in [2.24, 2.45) is 4.99 Å². The van der Waals surface area contributed by atoms with Crippen molar-refractivity contribution in [3.05, 3.63) is 83.4 Å². The second kappa shape index (κ2) is 9.38. The third-order valence-corrected chi connectivity index (χ3v) is 6.22. The van der Waals surface area contributed by atoms with Gasteiger partial charge in [0.2, 0.25) is 0 Å². The maximum atomic E-state index is 13.5. The molecule has 2 aliphatic heterocycles. The van der Waals surface area contributed by atoms with Gasteiger partial charge in [-0.2, -0.15) is 13.2 Å². The number of urea groups is 1. The predicted molar refractivity (Wildman–Crippen MR) is 127 cm³/mol. The van der Waals surface area contributed by atoms with Crippen LogP contribution in [0.5, 0.6) is 11.5 Å². The number of alkyl halides is 3. The van der Waals surface area contributed by atoms with E-state index < -0.39 is 29.4 Å². The number of hydrogen-bond acceptors (Lipinski definition) is 4. The molecule has 192 valence electrons. The molecule has 2 amide bonds. The fourth-order valence-corrected chi connectivity index (χ4v) is 4.36. The number of benzene rings is 3. The summed E-state index contributed by atoms with van der Waals surface area (Å²) in [6.07, 6.45) is -4.53. The molecule has 3 aromatic rings. The van der Waals surface area contributed by atoms with Gasteiger partial charge in [-0.05, 0) is 49.4 Å². The zero-order valence-corrected chi connectivity index (χ0v) is 19.5. The SMILES string of the molecule is CC1CN(C2=Nc3ccc(C(F)(F)F)cc3Oc3ccccc32)CCN1C(=O)Nc1ccc(F)c(F)c1. The molecule has 0 spiro atoms. The van der Waals surface area contributed by atoms with E-state index in [1.54, 1.807) is 29.2 Å². The highest BCUT2D eigenvalue weighted by atomic mass is 19.4. The fraction of sp³-hybridized carbons (Fsp3) is 0.231. The number of aliphatic imine (C=N–C) groups is 1. The van der Waals surface area contributed by atoms with E-state index in [4.69, 9.17) is 4.74 Å². The van der Waals surface area contributed by atoms with E-state index in [2.05, 4.69) is 10.3 Å². The Hall–Kier alpha value is -4.15. The number of carbonyl (C=O) groups is 1. The molecule has 0 radical (unpaired) electrons. The lowest BCUT2D eigenvalue weighted by atomic mass is 10.1. The molecule has 0 aromatic heterocycles. The van der Waals surface area contributed by atoms with Crippen molar-refractivity contribution in [1.29, 1.82) is 0 Å². The number of ether oxygens (including phenoxy) is 1. The Morgan fingerprint density at radius 3 is 2.51 bits per heavy atom. The second-order valence-electron chi connectivity index (χ2n) is 8.76. The van der Waals surface area contributed by atoms with Crippen molar-refractivity contribution in [3.8, 4) is 11.5 Å². The first kappa shape index (κ1) is 24.5. The lowest BCUT2D eigenvalue weighted by Gasteiger charge is -2.41. The standard InChI is InChI=1S/C26H21F5N4O2/c1-15-14-34(10-11-35(15)25(36)32-17-7-8-19(27)20(28)13-17)24-18-4-2-3-5-22(18)37-23-12-16(26(29,30)31)6-9-21(23)33-24/h2-9,12-13,15H,10-11,14H2,1H3,(H,32,36). The lowest BCUT2D eigenvalue weighted by Crippen LogP contribution is -2.56. The molecule has 1 unspecified atom stereocenters. The number of carbonyl (C=O) groups excluding carboxylic acids is 1. The van der Waals surface area contributed by atoms with E-state index in [-0.39, 0.29) is 23.2 Å². The molecule has 0 aliphatic carbocycles. The minimum atomic E-state index is -4.53. The van der Waals surface area contributed by atoms with Crippen LogP contribution in [-0.2, 0) is 6.18 Å². The van der Waals surface area contributed by atoms with Gasteiger partial charge in [0, 0.05) is 37.4 Å². The van der Waals surface area contributed by atoms with E-state index >= 15 is 0 Å². The van der Waals surface area contributed by atoms with Crippen molar-refractivity contribution >= 4 is 23.2 Å². The largest absolute Gasteiger partial charge is 0.454 e. The van der Waals surface area contributed by atoms with Crippen LogP contribution in [0.4, 0.5) is 38.1 Å². The van der Waals surface area contributed by atoms with E-state index in [0.29, 0.717) is 36.8 Å². The van der Waals surface area contributed by atoms with Crippen LogP contribution in [0.15, 0.2) is 65.7 Å². The molecular weight excluding hydrogens is 495 g/mol. The van der Waals surface area contributed by atoms with Crippen LogP contribution in [0.2, 0.25) is 0 Å². The Morgan fingerprint density at radius 2 is 1.78 bits per heavy atom. The molecule has 2 aliphatic rings. The van der Waals surface area contributed by atoms with Crippen molar-refractivity contribution < 1.29 is 31.5 Å². The molecule has 11 heteroatoms. The van der Waals surface area contributed by atoms with Crippen molar-refractivity contribution in [3.63, 3.8) is 0 Å². The molecule has 1 saturated heterocycles. The van der Waals surface area contributed by atoms with Gasteiger partial charge in [0.15, 0.2) is 17.4 Å². The summed E-state index contributed by atoms with van der Waals surface area (Å²) in [4.78, 5) is 21.0. The van der Waals surface area contributed by atoms with Crippen LogP contribution in [0.1, 0.15) is 18.1 Å². The Balaban J connectivity index is 1.39. The summed E-state index contributed by atoms with van der Waals surface area (Å²) in [5, 5.41) is 2.58. The third-order valence-electron chi connectivity index (χ3n) is 6.22. The lowest BCUT2D eigenvalue weighted by molar-refractivity contribution is -0.137. The first-order valence-electron chi connectivity index (χ1n) is 11.4. The Morgan fingerprint density at radius 1 is 1.00 bits per heavy atom. The topological polar surface area (TPSA) is 57.2 Å². The van der Waals surface area contributed by atoms with Gasteiger partial charge in [0.05, 0.1) is 11.1 Å². The number of amidine groups is 1. The predicted octanol–water partition coefficient (Wildman–Crippen LogP) is 6.41. The molecule has 1 N–H and O–H groups in total. The first-order chi connectivity index (χ1) is 17.6. The molecule has 1 atom stereocenters. The normalized spacial score (nSPS) is 17.2. The van der Waals surface area contributed by atoms with Crippen LogP contribution < -0.4 is 10.1 Å². The number of fused-ring (bicyclic) bond motifs is 2. The van der Waals surface area contributed by atoms with Gasteiger partial charge in [-0.15, -0.1) is 0 Å². The average molecular weight is 516 g/mol. The summed E-state index contributed by atoms with van der Waals surface area (Å²) in [5.74, 6) is -1.20. The number of para-hydroxylation sites is 1. The molecule has 5 rings (SSSR count). The number of nitrogens with one attached hydrogen (secondary N) is 1. The van der Waals surface area contributed by atoms with Gasteiger partial charge >= 0.3 is 12.2 Å². The highest BCUT2D eigenvalue weighted by Crippen LogP contribution is 2.42. The minimum absolute atomic E-state index is 0.00475. The van der Waals surface area contributed by atoms with Crippen LogP contribution in [0.25, 0.3) is 0 Å². The van der Waals surface area contributed by atoms with Crippen LogP contribution in [-0.4, -0.2) is 47.3 Å². The molecule has 0 bridgehead atoms. The summed E-state index contributed by atoms with van der Waals surface area (Å²) < 4.78 is 72.4. The zero-order valence-electron chi connectivity index (χ0n) is 19.5. The van der Waals surface area contributed by atoms with Gasteiger partial charge in [-0.1, -0.05) is 12.1 Å². The number of nitrogens with zero attached hydrogens (tertiary/aromatic N) is 3. The number of hydrogen-bond donors (Lipinski definition) is 1. The fourth-order valence-electron chi connectivity index (χ4n) is 4.36. The smallest absolute Gasteiger partial charge is 0.416 e. The first-order valence-corrected chi connectivity index (χ1v) is 11.4. The molecule has 2 heterocycles. The van der Waals surface area contributed by atoms with E-state index in [1.807, 2.05) is 11.8 Å². The second-order valence-corrected chi connectivity index (χ2v) is 8.76. The average Bonchev–Trinajstić information content (AvgIpc) is 3.02. The minimum Gasteiger partial charge on any atom is -0.454 e. The van der Waals surface area contributed by atoms with E-state index in [0.717, 1.165) is 24.3 Å². The highest BCUT2D eigenvalue weighted by molar-refractivity contribution is 6.04. The van der Waals surface area contributed by atoms with Crippen molar-refractivity contribution in [2.45, 2.75) is 19.1 Å². The molecule has 1 fully saturated rings. The van der Waals surface area contributed by atoms with Gasteiger partial charge < -0.3 is 19.9 Å². The summed E-state index contributed by atoms with van der Waals surface area (Å²) in [5.41, 5.74) is 0.161. The molecule has 3 aromatic carbocycles. The van der Waals surface area contributed by atoms with Gasteiger partial charge in [-0.3, -0.25) is 0 Å². The summed E-state index contributed by atoms with van der Waals surface area (Å²) >= 11 is 0. The maximum Gasteiger partial charge on any atom is 0.416 e. The monoisotopic (exact) mass is 516 g/mol. The third kappa shape index (κ3) is 4.93. The van der Waals surface area contributed by atoms with Crippen LogP contribution in [0.3, 0.4) is 0 Å². The number of amides is 2. The number of anilines is 1. The molecule has 37 heavy (non-hydrogen) atoms. The van der Waals surface area contributed by atoms with Gasteiger partial charge in [0.1, 0.15) is 17.3 Å². The van der Waals surface area contributed by atoms with Crippen LogP contribution in [0, 0.1) is 11.6 Å². The van der Waals surface area contributed by atoms with Gasteiger partial charge in [-0.25, -0.2) is 18.6 Å². The number of halogens is 5. The van der Waals surface area contributed by atoms with Crippen molar-refractivity contribution in [2.75, 3.05) is 25.0 Å². The Kier molecular flexibility index (Phi) is 6.22. The zero-order chi connectivity index (χ0) is 26.3. The van der Waals surface area contributed by atoms with E-state index in [1.165, 1.54) is 12.1 Å². The molecular formula is C26H21F5N4O2. The Bertz CT molecular complexity index is 1390. The highest BCUT2D eigenvalue weighted by Gasteiger charge is 2.34. The molecule has 6 nitrogen and oxygen atoms in total. The van der Waals surface area contributed by atoms with E-state index in [9.17, 15) is 26.7 Å². The summed E-state index contributed by atoms with van der Waals surface area (Å²) in [7, 11) is 0. The molecule has 0 saturated carbocycles. The number of piperazine rings is 1. The quantitative estimate of drug-likeness (QED) is 0.381. The number of rotatable bonds is 1. The summed E-state index contributed by atoms with van der Waals surface area (Å²) in [6, 6.07) is 12.5. The Labute approximate surface area is 209 Å².